The van der Waals surface area contributed by atoms with Crippen molar-refractivity contribution in [2.75, 3.05) is 18.0 Å². The van der Waals surface area contributed by atoms with Crippen LogP contribution >= 0.6 is 0 Å². The molecule has 6 nitrogen and oxygen atoms in total. The average Bonchev–Trinajstić information content (AvgIpc) is 2.66. The van der Waals surface area contributed by atoms with Gasteiger partial charge >= 0.3 is 5.97 Å². The second-order valence-electron chi connectivity index (χ2n) is 5.58. The molecule has 1 heterocycles. The summed E-state index contributed by atoms with van der Waals surface area (Å²) < 4.78 is 32.3. The van der Waals surface area contributed by atoms with Crippen molar-refractivity contribution in [3.63, 3.8) is 0 Å². The van der Waals surface area contributed by atoms with E-state index in [4.69, 9.17) is 4.74 Å². The Balaban J connectivity index is 2.16. The zero-order valence-electron chi connectivity index (χ0n) is 13.6. The predicted octanol–water partition coefficient (Wildman–Crippen LogP) is 2.49. The molecule has 0 atom stereocenters. The smallest absolute Gasteiger partial charge is 0.338 e. The Morgan fingerprint density at radius 3 is 2.68 bits per heavy atom. The van der Waals surface area contributed by atoms with E-state index in [1.165, 1.54) is 23.5 Å². The maximum atomic E-state index is 13.1. The van der Waals surface area contributed by atoms with Crippen LogP contribution < -0.4 is 4.31 Å². The lowest BCUT2D eigenvalue weighted by molar-refractivity contribution is 0.0599. The first kappa shape index (κ1) is 17.0. The van der Waals surface area contributed by atoms with E-state index in [-0.39, 0.29) is 10.5 Å². The lowest BCUT2D eigenvalue weighted by Gasteiger charge is -2.31. The van der Waals surface area contributed by atoms with Crippen molar-refractivity contribution < 1.29 is 17.9 Å². The number of carbonyl (C=O) groups is 1. The normalized spacial score (nSPS) is 13.7. The number of nitrogens with zero attached hydrogens (tertiary/aromatic N) is 2. The molecular weight excluding hydrogens is 340 g/mol. The summed E-state index contributed by atoms with van der Waals surface area (Å²) in [5.41, 5.74) is 1.58. The molecule has 0 amide bonds. The van der Waals surface area contributed by atoms with E-state index in [2.05, 4.69) is 0 Å². The molecule has 0 fully saturated rings. The second-order valence-corrected chi connectivity index (χ2v) is 7.41. The van der Waals surface area contributed by atoms with Gasteiger partial charge in [0, 0.05) is 6.54 Å². The van der Waals surface area contributed by atoms with Gasteiger partial charge in [-0.25, -0.2) is 13.2 Å². The third-order valence-corrected chi connectivity index (χ3v) is 6.06. The minimum atomic E-state index is -3.91. The molecule has 1 aliphatic heterocycles. The summed E-state index contributed by atoms with van der Waals surface area (Å²) in [6, 6.07) is 13.0. The first-order valence-corrected chi connectivity index (χ1v) is 9.16. The fraction of sp³-hybridized carbons (Fsp3) is 0.222. The van der Waals surface area contributed by atoms with Crippen LogP contribution in [0.3, 0.4) is 0 Å². The summed E-state index contributed by atoms with van der Waals surface area (Å²) in [6.07, 6.45) is 1.17. The standard InChI is InChI=1S/C18H16N2O4S/c1-24-18(21)15-7-4-9-16-14(15)8-5-11-20(16)25(22,23)17-10-3-2-6-13(17)12-19/h2-4,6-7,9-10H,5,8,11H2,1H3. The zero-order chi connectivity index (χ0) is 18.0. The number of sulfonamides is 1. The fourth-order valence-electron chi connectivity index (χ4n) is 3.04. The van der Waals surface area contributed by atoms with Gasteiger partial charge in [-0.05, 0) is 42.7 Å². The van der Waals surface area contributed by atoms with Crippen LogP contribution in [0.25, 0.3) is 0 Å². The Bertz CT molecular complexity index is 977. The summed E-state index contributed by atoms with van der Waals surface area (Å²) >= 11 is 0. The topological polar surface area (TPSA) is 87.5 Å². The maximum absolute atomic E-state index is 13.1. The molecule has 0 unspecified atom stereocenters. The molecule has 0 spiro atoms. The number of anilines is 1. The van der Waals surface area contributed by atoms with Crippen LogP contribution in [-0.4, -0.2) is 28.0 Å². The molecule has 2 aromatic carbocycles. The van der Waals surface area contributed by atoms with Gasteiger partial charge in [-0.2, -0.15) is 5.26 Å². The van der Waals surface area contributed by atoms with Crippen LogP contribution in [0.4, 0.5) is 5.69 Å². The van der Waals surface area contributed by atoms with Crippen molar-refractivity contribution in [3.05, 3.63) is 59.2 Å². The van der Waals surface area contributed by atoms with Crippen LogP contribution in [0, 0.1) is 11.3 Å². The lowest BCUT2D eigenvalue weighted by atomic mass is 9.98. The van der Waals surface area contributed by atoms with E-state index in [1.54, 1.807) is 30.3 Å². The number of nitriles is 1. The SMILES string of the molecule is COC(=O)c1cccc2c1CCCN2S(=O)(=O)c1ccccc1C#N. The molecule has 0 radical (unpaired) electrons. The van der Waals surface area contributed by atoms with Crippen LogP contribution in [0.15, 0.2) is 47.4 Å². The van der Waals surface area contributed by atoms with Crippen LogP contribution in [-0.2, 0) is 21.2 Å². The Hall–Kier alpha value is -2.85. The monoisotopic (exact) mass is 356 g/mol. The summed E-state index contributed by atoms with van der Waals surface area (Å²) in [7, 11) is -2.61. The molecule has 0 aliphatic carbocycles. The number of methoxy groups -OCH3 is 1. The zero-order valence-corrected chi connectivity index (χ0v) is 14.4. The summed E-state index contributed by atoms with van der Waals surface area (Å²) in [5.74, 6) is -0.492. The van der Waals surface area contributed by atoms with E-state index in [0.717, 1.165) is 0 Å². The van der Waals surface area contributed by atoms with Gasteiger partial charge in [0.1, 0.15) is 11.0 Å². The molecule has 0 aromatic heterocycles. The van der Waals surface area contributed by atoms with Gasteiger partial charge in [-0.15, -0.1) is 0 Å². The molecular formula is C18H16N2O4S. The van der Waals surface area contributed by atoms with E-state index >= 15 is 0 Å². The highest BCUT2D eigenvalue weighted by Crippen LogP contribution is 2.34. The molecule has 0 bridgehead atoms. The Kier molecular flexibility index (Phi) is 4.47. The molecule has 7 heteroatoms. The van der Waals surface area contributed by atoms with Gasteiger partial charge in [0.2, 0.25) is 0 Å². The largest absolute Gasteiger partial charge is 0.465 e. The number of hydrogen-bond donors (Lipinski definition) is 0. The van der Waals surface area contributed by atoms with Gasteiger partial charge in [-0.1, -0.05) is 18.2 Å². The number of rotatable bonds is 3. The molecule has 3 rings (SSSR count). The number of esters is 1. The number of carbonyl (C=O) groups excluding carboxylic acids is 1. The Morgan fingerprint density at radius 2 is 1.96 bits per heavy atom. The highest BCUT2D eigenvalue weighted by atomic mass is 32.2. The molecule has 25 heavy (non-hydrogen) atoms. The average molecular weight is 356 g/mol. The molecule has 2 aromatic rings. The number of hydrogen-bond acceptors (Lipinski definition) is 5. The van der Waals surface area contributed by atoms with Gasteiger partial charge in [-0.3, -0.25) is 4.31 Å². The van der Waals surface area contributed by atoms with Crippen molar-refractivity contribution in [3.8, 4) is 6.07 Å². The van der Waals surface area contributed by atoms with Crippen molar-refractivity contribution in [1.29, 1.82) is 5.26 Å². The predicted molar refractivity (Wildman–Crippen MR) is 91.8 cm³/mol. The van der Waals surface area contributed by atoms with Crippen molar-refractivity contribution >= 4 is 21.7 Å². The molecule has 0 N–H and O–H groups in total. The Labute approximate surface area is 146 Å². The van der Waals surface area contributed by atoms with Crippen LogP contribution in [0.1, 0.15) is 27.9 Å². The third kappa shape index (κ3) is 2.85. The van der Waals surface area contributed by atoms with E-state index in [1.807, 2.05) is 6.07 Å². The third-order valence-electron chi connectivity index (χ3n) is 4.19. The summed E-state index contributed by atoms with van der Waals surface area (Å²) in [4.78, 5) is 11.9. The lowest BCUT2D eigenvalue weighted by Crippen LogP contribution is -2.36. The quantitative estimate of drug-likeness (QED) is 0.789. The molecule has 0 saturated carbocycles. The van der Waals surface area contributed by atoms with Gasteiger partial charge in [0.25, 0.3) is 10.0 Å². The minimum Gasteiger partial charge on any atom is -0.465 e. The van der Waals surface area contributed by atoms with Crippen molar-refractivity contribution in [2.45, 2.75) is 17.7 Å². The fourth-order valence-corrected chi connectivity index (χ4v) is 4.72. The van der Waals surface area contributed by atoms with Crippen molar-refractivity contribution in [1.82, 2.24) is 0 Å². The van der Waals surface area contributed by atoms with Crippen LogP contribution in [0.2, 0.25) is 0 Å². The highest BCUT2D eigenvalue weighted by Gasteiger charge is 2.32. The summed E-state index contributed by atoms with van der Waals surface area (Å²) in [5, 5.41) is 9.23. The number of benzene rings is 2. The molecule has 0 saturated heterocycles. The first-order valence-electron chi connectivity index (χ1n) is 7.72. The molecule has 1 aliphatic rings. The minimum absolute atomic E-state index is 0.0335. The van der Waals surface area contributed by atoms with E-state index in [9.17, 15) is 18.5 Å². The number of ether oxygens (including phenoxy) is 1. The maximum Gasteiger partial charge on any atom is 0.338 e. The highest BCUT2D eigenvalue weighted by molar-refractivity contribution is 7.92. The van der Waals surface area contributed by atoms with E-state index in [0.29, 0.717) is 36.2 Å². The Morgan fingerprint density at radius 1 is 1.20 bits per heavy atom. The number of fused-ring (bicyclic) bond motifs is 1. The molecule has 128 valence electrons. The van der Waals surface area contributed by atoms with Gasteiger partial charge in [0.15, 0.2) is 0 Å². The van der Waals surface area contributed by atoms with Crippen LogP contribution in [0.5, 0.6) is 0 Å². The van der Waals surface area contributed by atoms with Crippen molar-refractivity contribution in [2.24, 2.45) is 0 Å². The first-order chi connectivity index (χ1) is 12.0. The summed E-state index contributed by atoms with van der Waals surface area (Å²) in [6.45, 7) is 0.291. The van der Waals surface area contributed by atoms with Gasteiger partial charge < -0.3 is 4.74 Å². The second kappa shape index (κ2) is 6.57. The van der Waals surface area contributed by atoms with E-state index < -0.39 is 16.0 Å². The van der Waals surface area contributed by atoms with Gasteiger partial charge in [0.05, 0.1) is 23.9 Å².